The lowest BCUT2D eigenvalue weighted by atomic mass is 10.2. The van der Waals surface area contributed by atoms with Crippen LogP contribution in [0.25, 0.3) is 0 Å². The number of hydrogen-bond acceptors (Lipinski definition) is 4. The molecule has 1 aromatic rings. The molecule has 0 saturated heterocycles. The van der Waals surface area contributed by atoms with Crippen LogP contribution in [-0.4, -0.2) is 50.0 Å². The average Bonchev–Trinajstić information content (AvgIpc) is 2.52. The van der Waals surface area contributed by atoms with Crippen LogP contribution in [0, 0.1) is 0 Å². The van der Waals surface area contributed by atoms with E-state index < -0.39 is 6.04 Å². The number of anilines is 1. The van der Waals surface area contributed by atoms with Gasteiger partial charge in [0.25, 0.3) is 0 Å². The Labute approximate surface area is 142 Å². The molecule has 0 bridgehead atoms. The molecular weight excluding hydrogens is 318 g/mol. The molecule has 0 heterocycles. The van der Waals surface area contributed by atoms with E-state index >= 15 is 0 Å². The molecule has 23 heavy (non-hydrogen) atoms. The summed E-state index contributed by atoms with van der Waals surface area (Å²) in [7, 11) is 3.25. The van der Waals surface area contributed by atoms with E-state index in [4.69, 9.17) is 16.3 Å². The van der Waals surface area contributed by atoms with Gasteiger partial charge in [0.05, 0.1) is 25.4 Å². The first-order valence-corrected chi connectivity index (χ1v) is 7.88. The van der Waals surface area contributed by atoms with Crippen LogP contribution in [0.15, 0.2) is 18.2 Å². The zero-order chi connectivity index (χ0) is 17.4. The highest BCUT2D eigenvalue weighted by molar-refractivity contribution is 6.31. The molecule has 0 aliphatic rings. The molecule has 2 amide bonds. The summed E-state index contributed by atoms with van der Waals surface area (Å²) in [4.78, 5) is 25.7. The van der Waals surface area contributed by atoms with Crippen LogP contribution >= 0.6 is 11.6 Å². The molecule has 0 aliphatic heterocycles. The predicted molar refractivity (Wildman–Crippen MR) is 92.0 cm³/mol. The largest absolute Gasteiger partial charge is 0.495 e. The number of hydrogen-bond donors (Lipinski definition) is 2. The second-order valence-electron chi connectivity index (χ2n) is 5.27. The monoisotopic (exact) mass is 341 g/mol. The number of nitrogens with one attached hydrogen (secondary N) is 2. The van der Waals surface area contributed by atoms with Crippen molar-refractivity contribution in [3.63, 3.8) is 0 Å². The first-order chi connectivity index (χ1) is 10.9. The number of carbonyl (C=O) groups is 2. The molecule has 1 aromatic carbocycles. The molecule has 0 saturated carbocycles. The summed E-state index contributed by atoms with van der Waals surface area (Å²) in [5, 5.41) is 6.06. The van der Waals surface area contributed by atoms with Crippen LogP contribution in [0.2, 0.25) is 5.02 Å². The van der Waals surface area contributed by atoms with Crippen LogP contribution in [0.3, 0.4) is 0 Å². The van der Waals surface area contributed by atoms with E-state index in [2.05, 4.69) is 10.6 Å². The van der Waals surface area contributed by atoms with E-state index in [1.165, 1.54) is 7.11 Å². The smallest absolute Gasteiger partial charge is 0.241 e. The Morgan fingerprint density at radius 3 is 2.70 bits per heavy atom. The van der Waals surface area contributed by atoms with Gasteiger partial charge in [-0.1, -0.05) is 18.5 Å². The van der Waals surface area contributed by atoms with Gasteiger partial charge >= 0.3 is 0 Å². The minimum Gasteiger partial charge on any atom is -0.495 e. The normalized spacial score (nSPS) is 11.9. The fourth-order valence-electron chi connectivity index (χ4n) is 1.90. The third kappa shape index (κ3) is 6.08. The molecule has 7 heteroatoms. The quantitative estimate of drug-likeness (QED) is 0.760. The summed E-state index contributed by atoms with van der Waals surface area (Å²) in [5.41, 5.74) is 0.501. The van der Waals surface area contributed by atoms with Crippen molar-refractivity contribution in [3.05, 3.63) is 23.2 Å². The summed E-state index contributed by atoms with van der Waals surface area (Å²) >= 11 is 5.95. The maximum absolute atomic E-state index is 12.3. The second-order valence-corrected chi connectivity index (χ2v) is 5.71. The molecule has 1 rings (SSSR count). The van der Waals surface area contributed by atoms with Crippen molar-refractivity contribution in [2.45, 2.75) is 26.3 Å². The number of halogens is 1. The van der Waals surface area contributed by atoms with E-state index in [0.29, 0.717) is 23.0 Å². The first-order valence-electron chi connectivity index (χ1n) is 7.50. The summed E-state index contributed by atoms with van der Waals surface area (Å²) < 4.78 is 5.20. The lowest BCUT2D eigenvalue weighted by Gasteiger charge is -2.23. The van der Waals surface area contributed by atoms with E-state index in [-0.39, 0.29) is 18.4 Å². The van der Waals surface area contributed by atoms with Gasteiger partial charge < -0.3 is 15.4 Å². The maximum atomic E-state index is 12.3. The molecule has 2 N–H and O–H groups in total. The lowest BCUT2D eigenvalue weighted by Crippen LogP contribution is -2.44. The Hall–Kier alpha value is -1.79. The van der Waals surface area contributed by atoms with Gasteiger partial charge in [-0.25, -0.2) is 0 Å². The molecule has 0 aliphatic carbocycles. The SMILES string of the molecule is CCCNC(=O)CN(C)[C@@H](C)C(=O)Nc1cc(Cl)ccc1OC. The Balaban J connectivity index is 2.66. The number of ether oxygens (including phenoxy) is 1. The number of amides is 2. The number of benzene rings is 1. The molecule has 0 aromatic heterocycles. The van der Waals surface area contributed by atoms with Gasteiger partial charge in [0, 0.05) is 11.6 Å². The maximum Gasteiger partial charge on any atom is 0.241 e. The van der Waals surface area contributed by atoms with Crippen LogP contribution < -0.4 is 15.4 Å². The molecule has 0 unspecified atom stereocenters. The second kappa shape index (κ2) is 9.37. The van der Waals surface area contributed by atoms with Crippen molar-refractivity contribution in [1.82, 2.24) is 10.2 Å². The summed E-state index contributed by atoms with van der Waals surface area (Å²) in [6.45, 7) is 4.51. The van der Waals surface area contributed by atoms with Crippen molar-refractivity contribution in [3.8, 4) is 5.75 Å². The van der Waals surface area contributed by atoms with E-state index in [9.17, 15) is 9.59 Å². The Bertz CT molecular complexity index is 551. The van der Waals surface area contributed by atoms with Crippen molar-refractivity contribution in [1.29, 1.82) is 0 Å². The molecule has 0 fully saturated rings. The van der Waals surface area contributed by atoms with Gasteiger partial charge in [0.1, 0.15) is 5.75 Å². The molecule has 0 radical (unpaired) electrons. The Morgan fingerprint density at radius 2 is 2.09 bits per heavy atom. The number of methoxy groups -OCH3 is 1. The lowest BCUT2D eigenvalue weighted by molar-refractivity contribution is -0.124. The van der Waals surface area contributed by atoms with Crippen molar-refractivity contribution in [2.24, 2.45) is 0 Å². The molecule has 128 valence electrons. The first kappa shape index (κ1) is 19.3. The van der Waals surface area contributed by atoms with E-state index in [1.807, 2.05) is 6.92 Å². The van der Waals surface area contributed by atoms with E-state index in [0.717, 1.165) is 6.42 Å². The van der Waals surface area contributed by atoms with Gasteiger partial charge in [-0.2, -0.15) is 0 Å². The minimum atomic E-state index is -0.480. The minimum absolute atomic E-state index is 0.102. The zero-order valence-corrected chi connectivity index (χ0v) is 14.7. The highest BCUT2D eigenvalue weighted by atomic mass is 35.5. The topological polar surface area (TPSA) is 70.7 Å². The Kier molecular flexibility index (Phi) is 7.85. The van der Waals surface area contributed by atoms with Crippen molar-refractivity contribution in [2.75, 3.05) is 32.6 Å². The average molecular weight is 342 g/mol. The van der Waals surface area contributed by atoms with Gasteiger partial charge in [-0.15, -0.1) is 0 Å². The number of nitrogens with zero attached hydrogens (tertiary/aromatic N) is 1. The third-order valence-electron chi connectivity index (χ3n) is 3.43. The highest BCUT2D eigenvalue weighted by Gasteiger charge is 2.21. The van der Waals surface area contributed by atoms with E-state index in [1.54, 1.807) is 37.1 Å². The van der Waals surface area contributed by atoms with Crippen molar-refractivity contribution < 1.29 is 14.3 Å². The van der Waals surface area contributed by atoms with Gasteiger partial charge in [-0.05, 0) is 38.6 Å². The van der Waals surface area contributed by atoms with Crippen molar-refractivity contribution >= 4 is 29.1 Å². The summed E-state index contributed by atoms with van der Waals surface area (Å²) in [6, 6.07) is 4.51. The van der Waals surface area contributed by atoms with Crippen LogP contribution in [0.5, 0.6) is 5.75 Å². The zero-order valence-electron chi connectivity index (χ0n) is 14.0. The van der Waals surface area contributed by atoms with Crippen LogP contribution in [-0.2, 0) is 9.59 Å². The number of rotatable bonds is 8. The summed E-state index contributed by atoms with van der Waals surface area (Å²) in [5.74, 6) is 0.184. The van der Waals surface area contributed by atoms with Crippen LogP contribution in [0.4, 0.5) is 5.69 Å². The molecule has 6 nitrogen and oxygen atoms in total. The highest BCUT2D eigenvalue weighted by Crippen LogP contribution is 2.27. The fourth-order valence-corrected chi connectivity index (χ4v) is 2.07. The fraction of sp³-hybridized carbons (Fsp3) is 0.500. The van der Waals surface area contributed by atoms with Gasteiger partial charge in [0.15, 0.2) is 0 Å². The molecular formula is C16H24ClN3O3. The standard InChI is InChI=1S/C16H24ClN3O3/c1-5-8-18-15(21)10-20(3)11(2)16(22)19-13-9-12(17)6-7-14(13)23-4/h6-7,9,11H,5,8,10H2,1-4H3,(H,18,21)(H,19,22)/t11-/m0/s1. The number of likely N-dealkylation sites (N-methyl/N-ethyl adjacent to an activating group) is 1. The number of carbonyl (C=O) groups excluding carboxylic acids is 2. The molecule has 1 atom stereocenters. The Morgan fingerprint density at radius 1 is 1.39 bits per heavy atom. The molecule has 0 spiro atoms. The summed E-state index contributed by atoms with van der Waals surface area (Å²) in [6.07, 6.45) is 0.875. The predicted octanol–water partition coefficient (Wildman–Crippen LogP) is 2.13. The van der Waals surface area contributed by atoms with Gasteiger partial charge in [0.2, 0.25) is 11.8 Å². The van der Waals surface area contributed by atoms with Gasteiger partial charge in [-0.3, -0.25) is 14.5 Å². The van der Waals surface area contributed by atoms with Crippen LogP contribution in [0.1, 0.15) is 20.3 Å². The third-order valence-corrected chi connectivity index (χ3v) is 3.66.